The number of hydrogen-bond donors (Lipinski definition) is 1. The molecule has 1 atom stereocenters. The van der Waals surface area contributed by atoms with Gasteiger partial charge in [-0.15, -0.1) is 0 Å². The van der Waals surface area contributed by atoms with Gasteiger partial charge >= 0.3 is 0 Å². The van der Waals surface area contributed by atoms with Crippen LogP contribution in [0.15, 0.2) is 83.8 Å². The molecule has 0 unspecified atom stereocenters. The largest absolute Gasteiger partial charge is 0.352 e. The fraction of sp³-hybridized carbons (Fsp3) is 0.375. The molecule has 1 N–H and O–H groups in total. The van der Waals surface area contributed by atoms with E-state index in [1.54, 1.807) is 24.3 Å². The molecule has 0 heterocycles. The molecule has 1 aliphatic carbocycles. The van der Waals surface area contributed by atoms with Gasteiger partial charge in [-0.2, -0.15) is 4.31 Å². The van der Waals surface area contributed by atoms with Gasteiger partial charge in [-0.25, -0.2) is 12.8 Å². The molecular weight excluding hydrogens is 541 g/mol. The second-order valence-electron chi connectivity index (χ2n) is 10.8. The van der Waals surface area contributed by atoms with E-state index in [0.717, 1.165) is 47.5 Å². The summed E-state index contributed by atoms with van der Waals surface area (Å²) in [6, 6.07) is 20.7. The molecule has 3 aromatic carbocycles. The zero-order chi connectivity index (χ0) is 29.4. The highest BCUT2D eigenvalue weighted by Gasteiger charge is 2.34. The first-order valence-electron chi connectivity index (χ1n) is 14.0. The van der Waals surface area contributed by atoms with Gasteiger partial charge in [0.25, 0.3) is 0 Å². The number of amides is 2. The molecule has 1 aliphatic rings. The quantitative estimate of drug-likeness (QED) is 0.352. The molecule has 7 nitrogen and oxygen atoms in total. The highest BCUT2D eigenvalue weighted by Crippen LogP contribution is 2.21. The summed E-state index contributed by atoms with van der Waals surface area (Å²) in [5, 5.41) is 3.16. The van der Waals surface area contributed by atoms with Crippen LogP contribution >= 0.6 is 0 Å². The first-order chi connectivity index (χ1) is 19.6. The average molecular weight is 580 g/mol. The fourth-order valence-corrected chi connectivity index (χ4v) is 6.26. The van der Waals surface area contributed by atoms with Gasteiger partial charge in [0.1, 0.15) is 11.9 Å². The first kappa shape index (κ1) is 30.4. The number of carbonyl (C=O) groups excluding carboxylic acids is 2. The first-order valence-corrected chi connectivity index (χ1v) is 15.5. The number of carbonyl (C=O) groups is 2. The van der Waals surface area contributed by atoms with Gasteiger partial charge < -0.3 is 10.2 Å². The smallest absolute Gasteiger partial charge is 0.243 e. The molecule has 0 bridgehead atoms. The highest BCUT2D eigenvalue weighted by molar-refractivity contribution is 7.89. The van der Waals surface area contributed by atoms with Crippen LogP contribution in [0, 0.1) is 12.7 Å². The minimum absolute atomic E-state index is 0.0210. The molecule has 9 heteroatoms. The molecule has 4 rings (SSSR count). The van der Waals surface area contributed by atoms with Crippen molar-refractivity contribution >= 4 is 21.8 Å². The summed E-state index contributed by atoms with van der Waals surface area (Å²) in [6.07, 6.45) is 5.22. The van der Waals surface area contributed by atoms with Gasteiger partial charge in [0.15, 0.2) is 0 Å². The van der Waals surface area contributed by atoms with Gasteiger partial charge in [0.2, 0.25) is 21.8 Å². The van der Waals surface area contributed by atoms with Crippen molar-refractivity contribution in [1.82, 2.24) is 14.5 Å². The lowest BCUT2D eigenvalue weighted by Crippen LogP contribution is -2.54. The maximum absolute atomic E-state index is 14.0. The van der Waals surface area contributed by atoms with Crippen molar-refractivity contribution in [2.45, 2.75) is 69.0 Å². The summed E-state index contributed by atoms with van der Waals surface area (Å²) in [4.78, 5) is 29.3. The van der Waals surface area contributed by atoms with E-state index in [1.165, 1.54) is 36.2 Å². The molecule has 0 radical (unpaired) electrons. The minimum atomic E-state index is -3.95. The van der Waals surface area contributed by atoms with E-state index in [9.17, 15) is 22.4 Å². The van der Waals surface area contributed by atoms with Gasteiger partial charge in [-0.05, 0) is 55.2 Å². The number of benzene rings is 3. The van der Waals surface area contributed by atoms with Crippen LogP contribution in [0.3, 0.4) is 0 Å². The Kier molecular flexibility index (Phi) is 10.3. The van der Waals surface area contributed by atoms with Crippen molar-refractivity contribution in [3.8, 4) is 0 Å². The molecule has 218 valence electrons. The van der Waals surface area contributed by atoms with E-state index in [0.29, 0.717) is 5.56 Å². The number of aryl methyl sites for hydroxylation is 1. The van der Waals surface area contributed by atoms with Crippen molar-refractivity contribution in [2.24, 2.45) is 0 Å². The van der Waals surface area contributed by atoms with Gasteiger partial charge in [0, 0.05) is 26.1 Å². The minimum Gasteiger partial charge on any atom is -0.352 e. The van der Waals surface area contributed by atoms with E-state index in [2.05, 4.69) is 5.32 Å². The predicted molar refractivity (Wildman–Crippen MR) is 157 cm³/mol. The summed E-state index contributed by atoms with van der Waals surface area (Å²) in [5.41, 5.74) is 2.42. The zero-order valence-corrected chi connectivity index (χ0v) is 24.4. The molecule has 2 amide bonds. The number of halogens is 1. The van der Waals surface area contributed by atoms with Gasteiger partial charge in [-0.1, -0.05) is 79.4 Å². The second-order valence-corrected chi connectivity index (χ2v) is 12.8. The standard InChI is InChI=1S/C32H38FN3O4S/c1-24-13-19-29(20-14-24)41(39,40)35(2)23-31(37)36(22-26-15-17-27(33)18-16-26)30(21-25-9-5-3-6-10-25)32(38)34-28-11-7-4-8-12-28/h3,5-6,9-10,13-20,28,30H,4,7-8,11-12,21-23H2,1-2H3,(H,34,38)/t30-/m1/s1. The molecule has 0 aromatic heterocycles. The summed E-state index contributed by atoms with van der Waals surface area (Å²) in [7, 11) is -2.60. The summed E-state index contributed by atoms with van der Waals surface area (Å²) in [5.74, 6) is -1.21. The van der Waals surface area contributed by atoms with Crippen LogP contribution in [-0.4, -0.2) is 55.1 Å². The van der Waals surface area contributed by atoms with E-state index in [4.69, 9.17) is 0 Å². The molecule has 0 saturated heterocycles. The van der Waals surface area contributed by atoms with Crippen LogP contribution in [0.4, 0.5) is 4.39 Å². The van der Waals surface area contributed by atoms with E-state index < -0.39 is 34.3 Å². The zero-order valence-electron chi connectivity index (χ0n) is 23.6. The number of nitrogens with zero attached hydrogens (tertiary/aromatic N) is 2. The van der Waals surface area contributed by atoms with Crippen molar-refractivity contribution in [3.63, 3.8) is 0 Å². The Bertz CT molecular complexity index is 1410. The average Bonchev–Trinajstić information content (AvgIpc) is 2.97. The third-order valence-corrected chi connectivity index (χ3v) is 9.39. The Morgan fingerprint density at radius 1 is 0.902 bits per heavy atom. The van der Waals surface area contributed by atoms with Crippen molar-refractivity contribution in [2.75, 3.05) is 13.6 Å². The monoisotopic (exact) mass is 579 g/mol. The number of rotatable bonds is 11. The third-order valence-electron chi connectivity index (χ3n) is 7.58. The maximum Gasteiger partial charge on any atom is 0.243 e. The van der Waals surface area contributed by atoms with E-state index in [-0.39, 0.29) is 29.8 Å². The molecule has 1 fully saturated rings. The van der Waals surface area contributed by atoms with E-state index >= 15 is 0 Å². The Morgan fingerprint density at radius 2 is 1.54 bits per heavy atom. The summed E-state index contributed by atoms with van der Waals surface area (Å²) in [6.45, 7) is 1.43. The maximum atomic E-state index is 14.0. The lowest BCUT2D eigenvalue weighted by atomic mass is 9.94. The molecule has 0 spiro atoms. The van der Waals surface area contributed by atoms with Crippen molar-refractivity contribution in [1.29, 1.82) is 0 Å². The summed E-state index contributed by atoms with van der Waals surface area (Å²) < 4.78 is 41.3. The number of sulfonamides is 1. The van der Waals surface area contributed by atoms with Crippen LogP contribution in [0.2, 0.25) is 0 Å². The normalized spacial score (nSPS) is 14.9. The lowest BCUT2D eigenvalue weighted by molar-refractivity contribution is -0.141. The van der Waals surface area contributed by atoms with Crippen LogP contribution in [0.25, 0.3) is 0 Å². The van der Waals surface area contributed by atoms with Crippen LogP contribution in [0.1, 0.15) is 48.8 Å². The number of nitrogens with one attached hydrogen (secondary N) is 1. The van der Waals surface area contributed by atoms with Gasteiger partial charge in [-0.3, -0.25) is 9.59 Å². The molecule has 3 aromatic rings. The van der Waals surface area contributed by atoms with Crippen molar-refractivity contribution in [3.05, 3.63) is 101 Å². The fourth-order valence-electron chi connectivity index (χ4n) is 5.14. The summed E-state index contributed by atoms with van der Waals surface area (Å²) >= 11 is 0. The Hall–Kier alpha value is -3.56. The topological polar surface area (TPSA) is 86.8 Å². The Labute approximate surface area is 242 Å². The van der Waals surface area contributed by atoms with Crippen molar-refractivity contribution < 1.29 is 22.4 Å². The van der Waals surface area contributed by atoms with Crippen LogP contribution in [-0.2, 0) is 32.6 Å². The lowest BCUT2D eigenvalue weighted by Gasteiger charge is -2.34. The SMILES string of the molecule is Cc1ccc(S(=O)(=O)N(C)CC(=O)N(Cc2ccc(F)cc2)[C@H](Cc2ccccc2)C(=O)NC2CCCCC2)cc1. The third kappa shape index (κ3) is 8.24. The molecule has 1 saturated carbocycles. The number of hydrogen-bond acceptors (Lipinski definition) is 4. The predicted octanol–water partition coefficient (Wildman–Crippen LogP) is 4.84. The van der Waals surface area contributed by atoms with Crippen LogP contribution in [0.5, 0.6) is 0 Å². The van der Waals surface area contributed by atoms with E-state index in [1.807, 2.05) is 37.3 Å². The van der Waals surface area contributed by atoms with Gasteiger partial charge in [0.05, 0.1) is 11.4 Å². The van der Waals surface area contributed by atoms with Crippen LogP contribution < -0.4 is 5.32 Å². The molecular formula is C32H38FN3O4S. The second kappa shape index (κ2) is 13.9. The highest BCUT2D eigenvalue weighted by atomic mass is 32.2. The Balaban J connectivity index is 1.65. The number of likely N-dealkylation sites (N-methyl/N-ethyl adjacent to an activating group) is 1. The molecule has 41 heavy (non-hydrogen) atoms. The molecule has 0 aliphatic heterocycles. The Morgan fingerprint density at radius 3 is 2.17 bits per heavy atom.